The molecule has 1 aliphatic carbocycles. The van der Waals surface area contributed by atoms with Gasteiger partial charge in [-0.2, -0.15) is 5.10 Å². The van der Waals surface area contributed by atoms with Crippen molar-refractivity contribution in [1.29, 1.82) is 0 Å². The molecule has 0 spiro atoms. The van der Waals surface area contributed by atoms with E-state index in [2.05, 4.69) is 27.6 Å². The van der Waals surface area contributed by atoms with E-state index in [1.54, 1.807) is 0 Å². The topological polar surface area (TPSA) is 63.5 Å². The third-order valence-electron chi connectivity index (χ3n) is 4.74. The highest BCUT2D eigenvalue weighted by molar-refractivity contribution is 14.0. The Kier molecular flexibility index (Phi) is 14.5. The van der Waals surface area contributed by atoms with E-state index in [1.165, 1.54) is 38.5 Å². The maximum atomic E-state index is 5.98. The van der Waals surface area contributed by atoms with Gasteiger partial charge in [0.2, 0.25) is 0 Å². The van der Waals surface area contributed by atoms with Gasteiger partial charge in [-0.25, -0.2) is 0 Å². The molecule has 2 rings (SSSR count). The lowest BCUT2D eigenvalue weighted by Crippen LogP contribution is -2.37. The number of nitrogens with one attached hydrogen (secondary N) is 2. The predicted molar refractivity (Wildman–Crippen MR) is 123 cm³/mol. The summed E-state index contributed by atoms with van der Waals surface area (Å²) in [4.78, 5) is 4.64. The predicted octanol–water partition coefficient (Wildman–Crippen LogP) is 3.97. The lowest BCUT2D eigenvalue weighted by molar-refractivity contribution is 0.0264. The number of rotatable bonds is 12. The lowest BCUT2D eigenvalue weighted by Gasteiger charge is -2.21. The van der Waals surface area contributed by atoms with Crippen molar-refractivity contribution in [3.05, 3.63) is 18.5 Å². The summed E-state index contributed by atoms with van der Waals surface area (Å²) in [5.74, 6) is 0.923. The molecule has 1 fully saturated rings. The van der Waals surface area contributed by atoms with Gasteiger partial charge in [-0.1, -0.05) is 19.3 Å². The summed E-state index contributed by atoms with van der Waals surface area (Å²) in [5, 5.41) is 11.0. The maximum Gasteiger partial charge on any atom is 0.191 e. The molecule has 6 nitrogen and oxygen atoms in total. The lowest BCUT2D eigenvalue weighted by atomic mass is 9.98. The standard InChI is InChI=1S/C20H37N5O.HI/c1-2-21-20(23-14-9-16-25-17-10-15-24-25)22-13-7-4-8-18-26-19-11-5-3-6-12-19;/h10,15,17,19H,2-9,11-14,16,18H2,1H3,(H2,21,22,23);1H. The molecule has 0 aromatic carbocycles. The molecule has 0 aliphatic heterocycles. The third kappa shape index (κ3) is 11.6. The summed E-state index contributed by atoms with van der Waals surface area (Å²) < 4.78 is 7.93. The second-order valence-corrected chi connectivity index (χ2v) is 7.00. The number of aliphatic imine (C=N–C) groups is 1. The highest BCUT2D eigenvalue weighted by Crippen LogP contribution is 2.20. The molecule has 0 unspecified atom stereocenters. The van der Waals surface area contributed by atoms with E-state index in [0.29, 0.717) is 6.10 Å². The van der Waals surface area contributed by atoms with Crippen LogP contribution in [0.15, 0.2) is 23.5 Å². The first-order chi connectivity index (χ1) is 12.9. The number of unbranched alkanes of at least 4 members (excludes halogenated alkanes) is 2. The first-order valence-corrected chi connectivity index (χ1v) is 10.5. The van der Waals surface area contributed by atoms with E-state index in [-0.39, 0.29) is 24.0 Å². The minimum Gasteiger partial charge on any atom is -0.378 e. The molecule has 2 N–H and O–H groups in total. The van der Waals surface area contributed by atoms with Crippen LogP contribution in [0.3, 0.4) is 0 Å². The molecule has 7 heteroatoms. The van der Waals surface area contributed by atoms with Crippen molar-refractivity contribution >= 4 is 29.9 Å². The summed E-state index contributed by atoms with van der Waals surface area (Å²) in [6, 6.07) is 1.95. The van der Waals surface area contributed by atoms with Crippen LogP contribution in [0.5, 0.6) is 0 Å². The van der Waals surface area contributed by atoms with Crippen molar-refractivity contribution in [1.82, 2.24) is 20.4 Å². The SMILES string of the molecule is CCNC(=NCCCn1cccn1)NCCCCCOC1CCCCC1.I. The van der Waals surface area contributed by atoms with Crippen LogP contribution in [0.1, 0.15) is 64.7 Å². The van der Waals surface area contributed by atoms with Crippen LogP contribution in [-0.2, 0) is 11.3 Å². The normalized spacial score (nSPS) is 15.4. The molecule has 1 aromatic heterocycles. The van der Waals surface area contributed by atoms with E-state index in [0.717, 1.165) is 58.0 Å². The van der Waals surface area contributed by atoms with Crippen LogP contribution >= 0.6 is 24.0 Å². The summed E-state index contributed by atoms with van der Waals surface area (Å²) in [5.41, 5.74) is 0. The summed E-state index contributed by atoms with van der Waals surface area (Å²) >= 11 is 0. The van der Waals surface area contributed by atoms with Crippen molar-refractivity contribution in [2.75, 3.05) is 26.2 Å². The molecule has 0 radical (unpaired) electrons. The van der Waals surface area contributed by atoms with Gasteiger partial charge in [-0.3, -0.25) is 9.67 Å². The largest absolute Gasteiger partial charge is 0.378 e. The number of hydrogen-bond acceptors (Lipinski definition) is 3. The number of aromatic nitrogens is 2. The van der Waals surface area contributed by atoms with Crippen LogP contribution in [0.4, 0.5) is 0 Å². The average Bonchev–Trinajstić information content (AvgIpc) is 3.18. The van der Waals surface area contributed by atoms with Crippen molar-refractivity contribution in [3.63, 3.8) is 0 Å². The highest BCUT2D eigenvalue weighted by Gasteiger charge is 2.12. The molecule has 0 saturated heterocycles. The van der Waals surface area contributed by atoms with Crippen LogP contribution in [0.2, 0.25) is 0 Å². The number of halogens is 1. The fraction of sp³-hybridized carbons (Fsp3) is 0.800. The Labute approximate surface area is 181 Å². The highest BCUT2D eigenvalue weighted by atomic mass is 127. The Hall–Kier alpha value is -0.830. The molecular weight excluding hydrogens is 453 g/mol. The number of guanidine groups is 1. The van der Waals surface area contributed by atoms with Gasteiger partial charge in [0.05, 0.1) is 6.10 Å². The van der Waals surface area contributed by atoms with Crippen molar-refractivity contribution in [3.8, 4) is 0 Å². The van der Waals surface area contributed by atoms with Gasteiger partial charge in [0.1, 0.15) is 0 Å². The summed E-state index contributed by atoms with van der Waals surface area (Å²) in [7, 11) is 0. The molecule has 0 bridgehead atoms. The fourth-order valence-electron chi connectivity index (χ4n) is 3.29. The summed E-state index contributed by atoms with van der Waals surface area (Å²) in [6.07, 6.45) is 15.5. The number of ether oxygens (including phenoxy) is 1. The molecule has 1 saturated carbocycles. The number of nitrogens with zero attached hydrogens (tertiary/aromatic N) is 3. The zero-order chi connectivity index (χ0) is 18.3. The summed E-state index contributed by atoms with van der Waals surface area (Å²) in [6.45, 7) is 6.60. The first-order valence-electron chi connectivity index (χ1n) is 10.5. The second-order valence-electron chi connectivity index (χ2n) is 7.00. The Morgan fingerprint density at radius 3 is 2.74 bits per heavy atom. The van der Waals surface area contributed by atoms with Gasteiger partial charge in [-0.05, 0) is 51.5 Å². The average molecular weight is 491 g/mol. The molecular formula is C20H38IN5O. The molecule has 0 atom stereocenters. The zero-order valence-electron chi connectivity index (χ0n) is 16.9. The van der Waals surface area contributed by atoms with E-state index in [9.17, 15) is 0 Å². The zero-order valence-corrected chi connectivity index (χ0v) is 19.2. The molecule has 1 aromatic rings. The molecule has 156 valence electrons. The quantitative estimate of drug-likeness (QED) is 0.201. The Bertz CT molecular complexity index is 475. The maximum absolute atomic E-state index is 5.98. The van der Waals surface area contributed by atoms with Crippen LogP contribution in [0, 0.1) is 0 Å². The number of hydrogen-bond donors (Lipinski definition) is 2. The minimum atomic E-state index is 0. The Balaban J connectivity index is 0.00000364. The molecule has 0 amide bonds. The van der Waals surface area contributed by atoms with Gasteiger partial charge in [0.25, 0.3) is 0 Å². The Morgan fingerprint density at radius 2 is 2.00 bits per heavy atom. The molecule has 1 heterocycles. The monoisotopic (exact) mass is 491 g/mol. The van der Waals surface area contributed by atoms with Crippen molar-refractivity contribution in [2.45, 2.75) is 77.4 Å². The fourth-order valence-corrected chi connectivity index (χ4v) is 3.29. The van der Waals surface area contributed by atoms with Gasteiger partial charge in [0.15, 0.2) is 5.96 Å². The van der Waals surface area contributed by atoms with Crippen LogP contribution in [0.25, 0.3) is 0 Å². The first kappa shape index (κ1) is 24.2. The van der Waals surface area contributed by atoms with E-state index >= 15 is 0 Å². The van der Waals surface area contributed by atoms with Gasteiger partial charge in [-0.15, -0.1) is 24.0 Å². The minimum absolute atomic E-state index is 0. The second kappa shape index (κ2) is 16.2. The van der Waals surface area contributed by atoms with Gasteiger partial charge >= 0.3 is 0 Å². The van der Waals surface area contributed by atoms with Gasteiger partial charge in [0, 0.05) is 45.2 Å². The van der Waals surface area contributed by atoms with Crippen LogP contribution < -0.4 is 10.6 Å². The third-order valence-corrected chi connectivity index (χ3v) is 4.74. The van der Waals surface area contributed by atoms with Crippen molar-refractivity contribution in [2.24, 2.45) is 4.99 Å². The van der Waals surface area contributed by atoms with Crippen LogP contribution in [-0.4, -0.2) is 48.1 Å². The van der Waals surface area contributed by atoms with E-state index in [4.69, 9.17) is 4.74 Å². The smallest absolute Gasteiger partial charge is 0.191 e. The molecule has 27 heavy (non-hydrogen) atoms. The van der Waals surface area contributed by atoms with E-state index in [1.807, 2.05) is 23.1 Å². The van der Waals surface area contributed by atoms with E-state index < -0.39 is 0 Å². The Morgan fingerprint density at radius 1 is 1.15 bits per heavy atom. The number of aryl methyl sites for hydroxylation is 1. The van der Waals surface area contributed by atoms with Gasteiger partial charge < -0.3 is 15.4 Å². The van der Waals surface area contributed by atoms with Crippen molar-refractivity contribution < 1.29 is 4.74 Å². The molecule has 1 aliphatic rings.